The molecular weight excluding hydrogens is 453 g/mol. The molecule has 1 amide bonds. The fourth-order valence-corrected chi connectivity index (χ4v) is 2.58. The van der Waals surface area contributed by atoms with Gasteiger partial charge in [0.2, 0.25) is 5.91 Å². The molecule has 1 aromatic heterocycles. The third kappa shape index (κ3) is 6.58. The zero-order valence-electron chi connectivity index (χ0n) is 14.5. The third-order valence-electron chi connectivity index (χ3n) is 3.51. The average Bonchev–Trinajstić information content (AvgIpc) is 2.86. The van der Waals surface area contributed by atoms with Gasteiger partial charge in [0.1, 0.15) is 0 Å². The van der Waals surface area contributed by atoms with Gasteiger partial charge in [-0.3, -0.25) is 9.79 Å². The summed E-state index contributed by atoms with van der Waals surface area (Å²) in [6, 6.07) is 11.3. The molecule has 0 aliphatic heterocycles. The summed E-state index contributed by atoms with van der Waals surface area (Å²) in [4.78, 5) is 18.1. The predicted molar refractivity (Wildman–Crippen MR) is 114 cm³/mol. The zero-order valence-corrected chi connectivity index (χ0v) is 17.6. The lowest BCUT2D eigenvalue weighted by atomic mass is 10.3. The largest absolute Gasteiger partial charge is 0.351 e. The molecular formula is C17H23ClIN5O. The number of amides is 1. The second kappa shape index (κ2) is 10.3. The number of carbonyl (C=O) groups excluding carboxylic acids is 1. The van der Waals surface area contributed by atoms with Crippen LogP contribution in [0, 0.1) is 0 Å². The first-order valence-electron chi connectivity index (χ1n) is 7.57. The van der Waals surface area contributed by atoms with Crippen molar-refractivity contribution < 1.29 is 4.79 Å². The lowest BCUT2D eigenvalue weighted by Crippen LogP contribution is -2.42. The van der Waals surface area contributed by atoms with Crippen LogP contribution in [0.4, 0.5) is 5.69 Å². The lowest BCUT2D eigenvalue weighted by Gasteiger charge is -2.22. The summed E-state index contributed by atoms with van der Waals surface area (Å²) < 4.78 is 1.97. The van der Waals surface area contributed by atoms with Crippen LogP contribution in [0.2, 0.25) is 5.02 Å². The van der Waals surface area contributed by atoms with E-state index in [0.29, 0.717) is 17.5 Å². The Kier molecular flexibility index (Phi) is 8.77. The average molecular weight is 476 g/mol. The molecule has 0 unspecified atom stereocenters. The van der Waals surface area contributed by atoms with E-state index in [0.717, 1.165) is 11.4 Å². The van der Waals surface area contributed by atoms with Crippen LogP contribution in [0.25, 0.3) is 0 Å². The van der Waals surface area contributed by atoms with E-state index in [4.69, 9.17) is 11.6 Å². The molecule has 2 aromatic rings. The molecule has 0 bridgehead atoms. The van der Waals surface area contributed by atoms with Gasteiger partial charge in [-0.1, -0.05) is 29.8 Å². The fourth-order valence-electron chi connectivity index (χ4n) is 2.31. The van der Waals surface area contributed by atoms with Crippen LogP contribution in [0.3, 0.4) is 0 Å². The number of benzene rings is 1. The van der Waals surface area contributed by atoms with Crippen molar-refractivity contribution >= 4 is 53.1 Å². The number of aromatic nitrogens is 1. The van der Waals surface area contributed by atoms with Crippen molar-refractivity contribution in [3.63, 3.8) is 0 Å². The minimum absolute atomic E-state index is 0. The van der Waals surface area contributed by atoms with Crippen LogP contribution in [-0.4, -0.2) is 42.0 Å². The number of nitrogens with one attached hydrogen (secondary N) is 2. The number of aryl methyl sites for hydroxylation is 1. The predicted octanol–water partition coefficient (Wildman–Crippen LogP) is 2.94. The zero-order chi connectivity index (χ0) is 17.5. The Morgan fingerprint density at radius 1 is 1.32 bits per heavy atom. The van der Waals surface area contributed by atoms with Gasteiger partial charge in [0, 0.05) is 38.7 Å². The molecule has 0 saturated heterocycles. The molecule has 1 aromatic carbocycles. The second-order valence-corrected chi connectivity index (χ2v) is 5.87. The van der Waals surface area contributed by atoms with E-state index in [1.807, 2.05) is 66.2 Å². The number of carbonyl (C=O) groups is 1. The van der Waals surface area contributed by atoms with E-state index in [-0.39, 0.29) is 36.4 Å². The number of rotatable bonds is 5. The van der Waals surface area contributed by atoms with Crippen molar-refractivity contribution in [3.05, 3.63) is 53.3 Å². The van der Waals surface area contributed by atoms with Gasteiger partial charge in [0.25, 0.3) is 0 Å². The maximum Gasteiger partial charge on any atom is 0.243 e. The lowest BCUT2D eigenvalue weighted by molar-refractivity contribution is -0.115. The summed E-state index contributed by atoms with van der Waals surface area (Å²) in [6.45, 7) is 0.767. The van der Waals surface area contributed by atoms with E-state index >= 15 is 0 Å². The van der Waals surface area contributed by atoms with E-state index in [9.17, 15) is 4.79 Å². The standard InChI is InChI=1S/C17H22ClN5O.HI/c1-19-17(23(3)12-15-9-13(18)11-22(15)2)20-10-16(24)21-14-7-5-4-6-8-14;/h4-9,11H,10,12H2,1-3H3,(H,19,20)(H,21,24);1H. The minimum atomic E-state index is -0.127. The summed E-state index contributed by atoms with van der Waals surface area (Å²) in [5, 5.41) is 6.58. The van der Waals surface area contributed by atoms with Gasteiger partial charge in [-0.2, -0.15) is 0 Å². The summed E-state index contributed by atoms with van der Waals surface area (Å²) >= 11 is 6.00. The number of anilines is 1. The number of halogens is 2. The summed E-state index contributed by atoms with van der Waals surface area (Å²) in [6.07, 6.45) is 1.86. The number of aliphatic imine (C=N–C) groups is 1. The van der Waals surface area contributed by atoms with Crippen molar-refractivity contribution in [2.24, 2.45) is 12.0 Å². The number of guanidine groups is 1. The highest BCUT2D eigenvalue weighted by Gasteiger charge is 2.11. The molecule has 0 aliphatic rings. The van der Waals surface area contributed by atoms with Crippen molar-refractivity contribution in [1.82, 2.24) is 14.8 Å². The van der Waals surface area contributed by atoms with Gasteiger partial charge in [-0.15, -0.1) is 24.0 Å². The maximum atomic E-state index is 12.0. The number of para-hydroxylation sites is 1. The van der Waals surface area contributed by atoms with Crippen molar-refractivity contribution in [1.29, 1.82) is 0 Å². The maximum absolute atomic E-state index is 12.0. The van der Waals surface area contributed by atoms with Crippen LogP contribution in [0.1, 0.15) is 5.69 Å². The summed E-state index contributed by atoms with van der Waals surface area (Å²) in [5.74, 6) is 0.508. The molecule has 0 fully saturated rings. The van der Waals surface area contributed by atoms with Crippen molar-refractivity contribution in [2.45, 2.75) is 6.54 Å². The van der Waals surface area contributed by atoms with Gasteiger partial charge in [-0.25, -0.2) is 0 Å². The molecule has 2 rings (SSSR count). The molecule has 2 N–H and O–H groups in total. The Labute approximate surface area is 170 Å². The van der Waals surface area contributed by atoms with Gasteiger partial charge < -0.3 is 20.1 Å². The SMILES string of the molecule is CN=C(NCC(=O)Nc1ccccc1)N(C)Cc1cc(Cl)cn1C.I. The molecule has 0 spiro atoms. The topological polar surface area (TPSA) is 61.7 Å². The van der Waals surface area contributed by atoms with Crippen molar-refractivity contribution in [2.75, 3.05) is 26.0 Å². The molecule has 6 nitrogen and oxygen atoms in total. The normalized spacial score (nSPS) is 10.8. The Bertz CT molecular complexity index is 717. The monoisotopic (exact) mass is 475 g/mol. The van der Waals surface area contributed by atoms with Crippen LogP contribution in [0.5, 0.6) is 0 Å². The number of hydrogen-bond acceptors (Lipinski definition) is 2. The molecule has 8 heteroatoms. The van der Waals surface area contributed by atoms with Crippen LogP contribution in [0.15, 0.2) is 47.6 Å². The molecule has 136 valence electrons. The Balaban J connectivity index is 0.00000312. The molecule has 25 heavy (non-hydrogen) atoms. The van der Waals surface area contributed by atoms with E-state index < -0.39 is 0 Å². The second-order valence-electron chi connectivity index (χ2n) is 5.43. The summed E-state index contributed by atoms with van der Waals surface area (Å²) in [5.41, 5.74) is 1.82. The van der Waals surface area contributed by atoms with Crippen LogP contribution >= 0.6 is 35.6 Å². The van der Waals surface area contributed by atoms with Crippen LogP contribution in [-0.2, 0) is 18.4 Å². The first-order chi connectivity index (χ1) is 11.5. The Hall–Kier alpha value is -1.74. The molecule has 0 atom stereocenters. The molecule has 0 radical (unpaired) electrons. The molecule has 1 heterocycles. The molecule has 0 aliphatic carbocycles. The van der Waals surface area contributed by atoms with E-state index in [2.05, 4.69) is 15.6 Å². The first-order valence-corrected chi connectivity index (χ1v) is 7.95. The molecule has 0 saturated carbocycles. The fraction of sp³-hybridized carbons (Fsp3) is 0.294. The van der Waals surface area contributed by atoms with E-state index in [1.54, 1.807) is 7.05 Å². The third-order valence-corrected chi connectivity index (χ3v) is 3.72. The van der Waals surface area contributed by atoms with Gasteiger partial charge in [0.15, 0.2) is 5.96 Å². The van der Waals surface area contributed by atoms with Gasteiger partial charge in [0.05, 0.1) is 18.1 Å². The van der Waals surface area contributed by atoms with Gasteiger partial charge in [-0.05, 0) is 18.2 Å². The number of hydrogen-bond donors (Lipinski definition) is 2. The highest BCUT2D eigenvalue weighted by Crippen LogP contribution is 2.14. The van der Waals surface area contributed by atoms with Crippen molar-refractivity contribution in [3.8, 4) is 0 Å². The van der Waals surface area contributed by atoms with Crippen LogP contribution < -0.4 is 10.6 Å². The highest BCUT2D eigenvalue weighted by atomic mass is 127. The van der Waals surface area contributed by atoms with Gasteiger partial charge >= 0.3 is 0 Å². The first kappa shape index (κ1) is 21.3. The highest BCUT2D eigenvalue weighted by molar-refractivity contribution is 14.0. The summed E-state index contributed by atoms with van der Waals surface area (Å²) in [7, 11) is 5.54. The Morgan fingerprint density at radius 2 is 2.00 bits per heavy atom. The Morgan fingerprint density at radius 3 is 2.56 bits per heavy atom. The number of nitrogens with zero attached hydrogens (tertiary/aromatic N) is 3. The smallest absolute Gasteiger partial charge is 0.243 e. The quantitative estimate of drug-likeness (QED) is 0.397. The minimum Gasteiger partial charge on any atom is -0.351 e. The van der Waals surface area contributed by atoms with E-state index in [1.165, 1.54) is 0 Å².